The van der Waals surface area contributed by atoms with E-state index in [1.807, 2.05) is 18.2 Å². The molecule has 0 radical (unpaired) electrons. The van der Waals surface area contributed by atoms with Gasteiger partial charge in [0, 0.05) is 22.4 Å². The number of aryl methyl sites for hydroxylation is 1. The summed E-state index contributed by atoms with van der Waals surface area (Å²) in [5.74, 6) is 1.32. The lowest BCUT2D eigenvalue weighted by molar-refractivity contribution is 0.202. The number of rotatable bonds is 7. The van der Waals surface area contributed by atoms with Gasteiger partial charge in [0.15, 0.2) is 0 Å². The van der Waals surface area contributed by atoms with Gasteiger partial charge in [0.05, 0.1) is 18.9 Å². The molecule has 0 fully saturated rings. The van der Waals surface area contributed by atoms with E-state index in [0.717, 1.165) is 12.0 Å². The molecule has 1 aromatic heterocycles. The van der Waals surface area contributed by atoms with Crippen LogP contribution in [0.5, 0.6) is 5.75 Å². The van der Waals surface area contributed by atoms with E-state index in [2.05, 4.69) is 31.0 Å². The van der Waals surface area contributed by atoms with Crippen molar-refractivity contribution < 1.29 is 9.84 Å². The van der Waals surface area contributed by atoms with Gasteiger partial charge in [-0.05, 0) is 31.0 Å². The molecule has 0 bridgehead atoms. The van der Waals surface area contributed by atoms with Gasteiger partial charge in [0.2, 0.25) is 0 Å². The summed E-state index contributed by atoms with van der Waals surface area (Å²) in [7, 11) is 0. The van der Waals surface area contributed by atoms with E-state index in [9.17, 15) is 5.11 Å². The van der Waals surface area contributed by atoms with Crippen LogP contribution in [-0.4, -0.2) is 22.5 Å². The van der Waals surface area contributed by atoms with Crippen molar-refractivity contribution in [1.29, 1.82) is 0 Å². The Hall–Kier alpha value is -1.52. The lowest BCUT2D eigenvalue weighted by Gasteiger charge is -2.13. The summed E-state index contributed by atoms with van der Waals surface area (Å²) in [4.78, 5) is 5.33. The Labute approximate surface area is 130 Å². The highest BCUT2D eigenvalue weighted by molar-refractivity contribution is 7.99. The molecule has 0 saturated heterocycles. The zero-order chi connectivity index (χ0) is 15.1. The van der Waals surface area contributed by atoms with Crippen LogP contribution in [0.2, 0.25) is 0 Å². The molecule has 2 rings (SSSR count). The summed E-state index contributed by atoms with van der Waals surface area (Å²) in [5, 5.41) is 10.3. The Morgan fingerprint density at radius 3 is 2.86 bits per heavy atom. The minimum absolute atomic E-state index is 0.549. The zero-order valence-electron chi connectivity index (χ0n) is 12.5. The summed E-state index contributed by atoms with van der Waals surface area (Å²) in [6.45, 7) is 4.81. The van der Waals surface area contributed by atoms with Crippen LogP contribution in [0.25, 0.3) is 0 Å². The first-order valence-corrected chi connectivity index (χ1v) is 8.13. The van der Waals surface area contributed by atoms with Crippen LogP contribution in [-0.2, 0) is 0 Å². The second kappa shape index (κ2) is 8.05. The first-order valence-electron chi connectivity index (χ1n) is 7.15. The second-order valence-electron chi connectivity index (χ2n) is 4.89. The van der Waals surface area contributed by atoms with Gasteiger partial charge in [-0.25, -0.2) is 0 Å². The molecule has 0 aliphatic rings. The largest absolute Gasteiger partial charge is 0.492 e. The number of ether oxygens (including phenoxy) is 1. The predicted molar refractivity (Wildman–Crippen MR) is 86.9 cm³/mol. The number of aliphatic hydroxyl groups is 1. The number of benzene rings is 1. The molecule has 2 aromatic rings. The number of pyridine rings is 1. The molecule has 21 heavy (non-hydrogen) atoms. The fourth-order valence-corrected chi connectivity index (χ4v) is 2.90. The molecule has 1 heterocycles. The summed E-state index contributed by atoms with van der Waals surface area (Å²) in [5.41, 5.74) is 2.03. The average molecular weight is 303 g/mol. The number of hydrogen-bond donors (Lipinski definition) is 1. The maximum Gasteiger partial charge on any atom is 0.137 e. The molecule has 1 atom stereocenters. The Morgan fingerprint density at radius 2 is 2.10 bits per heavy atom. The van der Waals surface area contributed by atoms with Crippen LogP contribution in [0.3, 0.4) is 0 Å². The highest BCUT2D eigenvalue weighted by Gasteiger charge is 2.10. The lowest BCUT2D eigenvalue weighted by Crippen LogP contribution is -2.03. The third kappa shape index (κ3) is 4.76. The predicted octanol–water partition coefficient (Wildman–Crippen LogP) is 4.00. The standard InChI is InChI=1S/C17H21NO2S/c1-3-8-20-15-9-14(10-18-11-15)16(19)12-21-17-7-5-4-6-13(17)2/h4-7,9-11,16,19H,3,8,12H2,1-2H3. The number of hydrogen-bond acceptors (Lipinski definition) is 4. The maximum absolute atomic E-state index is 10.3. The minimum Gasteiger partial charge on any atom is -0.492 e. The summed E-state index contributed by atoms with van der Waals surface area (Å²) in [6.07, 6.45) is 3.78. The van der Waals surface area contributed by atoms with Gasteiger partial charge < -0.3 is 9.84 Å². The average Bonchev–Trinajstić information content (AvgIpc) is 2.52. The molecule has 0 aliphatic carbocycles. The van der Waals surface area contributed by atoms with E-state index in [1.165, 1.54) is 10.5 Å². The highest BCUT2D eigenvalue weighted by atomic mass is 32.2. The van der Waals surface area contributed by atoms with E-state index >= 15 is 0 Å². The molecular formula is C17H21NO2S. The molecule has 3 nitrogen and oxygen atoms in total. The van der Waals surface area contributed by atoms with Crippen molar-refractivity contribution >= 4 is 11.8 Å². The molecule has 1 unspecified atom stereocenters. The Morgan fingerprint density at radius 1 is 1.29 bits per heavy atom. The van der Waals surface area contributed by atoms with Crippen LogP contribution in [0, 0.1) is 6.92 Å². The fraction of sp³-hybridized carbons (Fsp3) is 0.353. The van der Waals surface area contributed by atoms with Gasteiger partial charge in [-0.3, -0.25) is 4.98 Å². The van der Waals surface area contributed by atoms with Crippen molar-refractivity contribution in [2.45, 2.75) is 31.3 Å². The SMILES string of the molecule is CCCOc1cncc(C(O)CSc2ccccc2C)c1. The first kappa shape index (κ1) is 15.9. The van der Waals surface area contributed by atoms with Crippen molar-refractivity contribution in [3.8, 4) is 5.75 Å². The first-order chi connectivity index (χ1) is 10.2. The molecule has 0 amide bonds. The molecular weight excluding hydrogens is 282 g/mol. The monoisotopic (exact) mass is 303 g/mol. The number of aliphatic hydroxyl groups excluding tert-OH is 1. The second-order valence-corrected chi connectivity index (χ2v) is 5.96. The van der Waals surface area contributed by atoms with E-state index in [4.69, 9.17) is 4.74 Å². The van der Waals surface area contributed by atoms with Gasteiger partial charge in [0.25, 0.3) is 0 Å². The van der Waals surface area contributed by atoms with Gasteiger partial charge in [-0.2, -0.15) is 0 Å². The van der Waals surface area contributed by atoms with Crippen molar-refractivity contribution in [2.24, 2.45) is 0 Å². The Balaban J connectivity index is 1.97. The van der Waals surface area contributed by atoms with Crippen LogP contribution in [0.4, 0.5) is 0 Å². The minimum atomic E-state index is -0.549. The summed E-state index contributed by atoms with van der Waals surface area (Å²) >= 11 is 1.66. The number of nitrogens with zero attached hydrogens (tertiary/aromatic N) is 1. The van der Waals surface area contributed by atoms with Crippen LogP contribution in [0.1, 0.15) is 30.6 Å². The van der Waals surface area contributed by atoms with Crippen molar-refractivity contribution in [2.75, 3.05) is 12.4 Å². The van der Waals surface area contributed by atoms with Crippen molar-refractivity contribution in [1.82, 2.24) is 4.98 Å². The third-order valence-corrected chi connectivity index (χ3v) is 4.33. The Bertz CT molecular complexity index is 574. The molecule has 112 valence electrons. The normalized spacial score (nSPS) is 12.1. The van der Waals surface area contributed by atoms with E-state index < -0.39 is 6.10 Å². The highest BCUT2D eigenvalue weighted by Crippen LogP contribution is 2.27. The smallest absolute Gasteiger partial charge is 0.137 e. The topological polar surface area (TPSA) is 42.4 Å². The van der Waals surface area contributed by atoms with E-state index in [-0.39, 0.29) is 0 Å². The number of aromatic nitrogens is 1. The molecule has 0 spiro atoms. The molecule has 0 saturated carbocycles. The number of thioether (sulfide) groups is 1. The Kier molecular flexibility index (Phi) is 6.08. The van der Waals surface area contributed by atoms with E-state index in [1.54, 1.807) is 24.2 Å². The van der Waals surface area contributed by atoms with Crippen molar-refractivity contribution in [3.63, 3.8) is 0 Å². The zero-order valence-corrected chi connectivity index (χ0v) is 13.3. The summed E-state index contributed by atoms with van der Waals surface area (Å²) in [6, 6.07) is 10.1. The lowest BCUT2D eigenvalue weighted by atomic mass is 10.2. The van der Waals surface area contributed by atoms with Gasteiger partial charge in [0.1, 0.15) is 5.75 Å². The third-order valence-electron chi connectivity index (χ3n) is 3.08. The van der Waals surface area contributed by atoms with Crippen molar-refractivity contribution in [3.05, 3.63) is 53.9 Å². The van der Waals surface area contributed by atoms with Crippen LogP contribution >= 0.6 is 11.8 Å². The quantitative estimate of drug-likeness (QED) is 0.785. The molecule has 0 aliphatic heterocycles. The van der Waals surface area contributed by atoms with Gasteiger partial charge >= 0.3 is 0 Å². The fourth-order valence-electron chi connectivity index (χ4n) is 1.90. The summed E-state index contributed by atoms with van der Waals surface area (Å²) < 4.78 is 5.55. The maximum atomic E-state index is 10.3. The van der Waals surface area contributed by atoms with Gasteiger partial charge in [-0.1, -0.05) is 25.1 Å². The molecule has 1 aromatic carbocycles. The molecule has 1 N–H and O–H groups in total. The molecule has 4 heteroatoms. The van der Waals surface area contributed by atoms with Gasteiger partial charge in [-0.15, -0.1) is 11.8 Å². The van der Waals surface area contributed by atoms with Crippen LogP contribution in [0.15, 0.2) is 47.6 Å². The van der Waals surface area contributed by atoms with E-state index in [0.29, 0.717) is 18.1 Å². The van der Waals surface area contributed by atoms with Crippen LogP contribution < -0.4 is 4.74 Å².